The Morgan fingerprint density at radius 3 is 1.31 bits per heavy atom. The summed E-state index contributed by atoms with van der Waals surface area (Å²) in [4.78, 5) is 0. The smallest absolute Gasteiger partial charge is 0.171 e. The fourth-order valence-electron chi connectivity index (χ4n) is 17.7. The Balaban J connectivity index is 0.688. The molecule has 0 bridgehead atoms. The van der Waals surface area contributed by atoms with E-state index in [1.807, 2.05) is 146 Å². The molecule has 2 aromatic heterocycles. The molecule has 0 radical (unpaired) electrons. The lowest BCUT2D eigenvalue weighted by Crippen LogP contribution is -2.28. The molecule has 0 saturated carbocycles. The molecule has 0 saturated heterocycles. The van der Waals surface area contributed by atoms with Crippen LogP contribution in [0.1, 0.15) is 93.8 Å². The van der Waals surface area contributed by atoms with Crippen LogP contribution in [-0.2, 0) is 25.4 Å². The highest BCUT2D eigenvalue weighted by Gasteiger charge is 2.50. The Bertz CT molecular complexity index is 5920. The molecule has 0 spiro atoms. The lowest BCUT2D eigenvalue weighted by Gasteiger charge is -2.41. The molecule has 1 atom stereocenters. The second-order valence-electron chi connectivity index (χ2n) is 29.1. The lowest BCUT2D eigenvalue weighted by molar-refractivity contribution is 0.546. The number of rotatable bonds is 8. The summed E-state index contributed by atoms with van der Waals surface area (Å²) in [5.41, 5.74) is 24.3. The summed E-state index contributed by atoms with van der Waals surface area (Å²) in [6, 6.07) is 87.0. The predicted octanol–water partition coefficient (Wildman–Crippen LogP) is 21.2. The summed E-state index contributed by atoms with van der Waals surface area (Å²) >= 11 is 0. The van der Waals surface area contributed by atoms with Gasteiger partial charge in [-0.15, -0.1) is 0 Å². The van der Waals surface area contributed by atoms with Crippen molar-refractivity contribution in [2.75, 3.05) is 0 Å². The van der Waals surface area contributed by atoms with Crippen molar-refractivity contribution in [1.82, 2.24) is 0 Å². The van der Waals surface area contributed by atoms with E-state index >= 15 is 9.13 Å². The Hall–Kier alpha value is -10.1. The van der Waals surface area contributed by atoms with Gasteiger partial charge in [-0.05, 0) is 203 Å². The zero-order valence-corrected chi connectivity index (χ0v) is 56.5. The molecule has 0 fully saturated rings. The molecule has 2 heterocycles. The van der Waals surface area contributed by atoms with Crippen molar-refractivity contribution in [3.8, 4) is 33.4 Å². The van der Waals surface area contributed by atoms with Gasteiger partial charge in [-0.3, -0.25) is 0 Å². The minimum atomic E-state index is -3.20. The Morgan fingerprint density at radius 1 is 0.333 bits per heavy atom. The minimum Gasteiger partial charge on any atom is -0.456 e. The first-order valence-corrected chi connectivity index (χ1v) is 37.0. The normalized spacial score (nSPS) is 17.7. The van der Waals surface area contributed by atoms with Crippen LogP contribution in [0.5, 0.6) is 0 Å². The number of benzene rings is 12. The van der Waals surface area contributed by atoms with Crippen molar-refractivity contribution < 1.29 is 18.0 Å². The lowest BCUT2D eigenvalue weighted by atomic mass is 9.62. The standard InChI is InChI=1S/C90H68O4P2/c1-87(2)75-51-71-77(88(3,4)79-48-66(62-32-20-21-33-65(62)85(71)79)54-35-39-63-69-46-60(37-41-81(69)93-83(63)44-54)95(91,56-24-12-8-13-25-56)57-26-14-9-15-27-57)49-67(75)68-50-78-72(52-76(68)87)86-73-34-22-23-43-90(73,7)74(53-80(86)89(78,5)6)55-36-40-64-70-47-61(38-42-82(70)94-84(64)45-55)96(92,58-28-16-10-17-29-58)59-30-18-11-19-31-59/h8-42,44-53H,43H2,1-7H3. The van der Waals surface area contributed by atoms with Gasteiger partial charge < -0.3 is 18.0 Å². The molecule has 6 heteroatoms. The molecule has 5 aliphatic carbocycles. The van der Waals surface area contributed by atoms with E-state index in [1.54, 1.807) is 0 Å². The van der Waals surface area contributed by atoms with Gasteiger partial charge in [0.2, 0.25) is 0 Å². The van der Waals surface area contributed by atoms with Crippen molar-refractivity contribution in [1.29, 1.82) is 0 Å². The highest BCUT2D eigenvalue weighted by molar-refractivity contribution is 7.85. The average Bonchev–Trinajstić information content (AvgIpc) is 1.52. The van der Waals surface area contributed by atoms with Crippen LogP contribution < -0.4 is 31.8 Å². The molecular formula is C90H68O4P2. The number of furan rings is 2. The number of allylic oxidation sites excluding steroid dienone is 8. The van der Waals surface area contributed by atoms with Crippen molar-refractivity contribution in [2.45, 2.75) is 71.1 Å². The van der Waals surface area contributed by atoms with Crippen LogP contribution in [-0.4, -0.2) is 0 Å². The van der Waals surface area contributed by atoms with Crippen LogP contribution in [0.15, 0.2) is 293 Å². The first-order valence-electron chi connectivity index (χ1n) is 33.6. The van der Waals surface area contributed by atoms with Crippen molar-refractivity contribution in [3.05, 3.63) is 323 Å². The summed E-state index contributed by atoms with van der Waals surface area (Å²) in [6.07, 6.45) is 10.4. The van der Waals surface area contributed by atoms with E-state index in [2.05, 4.69) is 176 Å². The van der Waals surface area contributed by atoms with E-state index in [1.165, 1.54) is 94.3 Å². The molecule has 5 aliphatic rings. The third kappa shape index (κ3) is 7.75. The van der Waals surface area contributed by atoms with Gasteiger partial charge in [0.25, 0.3) is 0 Å². The van der Waals surface area contributed by atoms with Gasteiger partial charge >= 0.3 is 0 Å². The molecule has 96 heavy (non-hydrogen) atoms. The van der Waals surface area contributed by atoms with E-state index in [0.717, 1.165) is 93.3 Å². The van der Waals surface area contributed by atoms with Crippen LogP contribution in [0.2, 0.25) is 0 Å². The van der Waals surface area contributed by atoms with E-state index in [4.69, 9.17) is 8.83 Å². The van der Waals surface area contributed by atoms with Crippen LogP contribution in [0.4, 0.5) is 0 Å². The monoisotopic (exact) mass is 1270 g/mol. The first-order chi connectivity index (χ1) is 46.4. The second-order valence-corrected chi connectivity index (χ2v) is 34.6. The van der Waals surface area contributed by atoms with Crippen LogP contribution in [0.3, 0.4) is 0 Å². The number of hydrogen-bond donors (Lipinski definition) is 0. The zero-order valence-electron chi connectivity index (χ0n) is 54.7. The maximum Gasteiger partial charge on any atom is 0.171 e. The summed E-state index contributed by atoms with van der Waals surface area (Å²) < 4.78 is 44.6. The largest absolute Gasteiger partial charge is 0.456 e. The SMILES string of the molecule is CC12CC=CC=C1C1=C(C=C2c2ccc3c(c2)oc2ccc(P(=O)(c4ccccc4)c4ccccc4)cc23)C(C)(C)c2cc3c(cc21)C(C)(C)c1cc2c(cc1-3)C(C)(C)c1cc(-c3ccc4c(c3)oc3ccc(P(=O)(c5ccccc5)c5ccccc5)cc34)c3ccccc3c1-2. The van der Waals surface area contributed by atoms with E-state index in [-0.39, 0.29) is 21.7 Å². The second kappa shape index (κ2) is 20.0. The summed E-state index contributed by atoms with van der Waals surface area (Å²) in [6.45, 7) is 17.0. The van der Waals surface area contributed by atoms with Gasteiger partial charge in [0.15, 0.2) is 14.3 Å². The maximum absolute atomic E-state index is 15.6. The molecule has 14 aromatic rings. The van der Waals surface area contributed by atoms with Gasteiger partial charge in [0.05, 0.1) is 0 Å². The first kappa shape index (κ1) is 57.4. The third-order valence-corrected chi connectivity index (χ3v) is 29.0. The molecule has 0 N–H and O–H groups in total. The molecule has 12 aromatic carbocycles. The van der Waals surface area contributed by atoms with Gasteiger partial charge in [-0.1, -0.05) is 230 Å². The zero-order chi connectivity index (χ0) is 65.0. The molecule has 1 unspecified atom stereocenters. The van der Waals surface area contributed by atoms with Crippen molar-refractivity contribution in [3.63, 3.8) is 0 Å². The van der Waals surface area contributed by atoms with Crippen molar-refractivity contribution in [2.24, 2.45) is 5.41 Å². The van der Waals surface area contributed by atoms with E-state index in [0.29, 0.717) is 0 Å². The summed E-state index contributed by atoms with van der Waals surface area (Å²) in [5, 5.41) is 11.2. The van der Waals surface area contributed by atoms with Gasteiger partial charge in [0.1, 0.15) is 22.3 Å². The molecule has 19 rings (SSSR count). The molecule has 0 amide bonds. The van der Waals surface area contributed by atoms with Crippen LogP contribution >= 0.6 is 14.3 Å². The fraction of sp³-hybridized carbons (Fsp3) is 0.133. The Morgan fingerprint density at radius 2 is 0.771 bits per heavy atom. The Labute approximate surface area is 559 Å². The molecular weight excluding hydrogens is 1210 g/mol. The average molecular weight is 1280 g/mol. The molecule has 462 valence electrons. The molecule has 0 aliphatic heterocycles. The van der Waals surface area contributed by atoms with Crippen LogP contribution in [0, 0.1) is 5.41 Å². The summed E-state index contributed by atoms with van der Waals surface area (Å²) in [7, 11) is -6.41. The van der Waals surface area contributed by atoms with Crippen molar-refractivity contribution >= 4 is 112 Å². The van der Waals surface area contributed by atoms with Gasteiger partial charge in [-0.25, -0.2) is 0 Å². The highest BCUT2D eigenvalue weighted by atomic mass is 31.2. The predicted molar refractivity (Wildman–Crippen MR) is 402 cm³/mol. The topological polar surface area (TPSA) is 60.4 Å². The van der Waals surface area contributed by atoms with E-state index < -0.39 is 14.3 Å². The van der Waals surface area contributed by atoms with Gasteiger partial charge in [0, 0.05) is 75.0 Å². The molecule has 4 nitrogen and oxygen atoms in total. The minimum absolute atomic E-state index is 0.282. The van der Waals surface area contributed by atoms with Crippen LogP contribution in [0.25, 0.3) is 99.2 Å². The van der Waals surface area contributed by atoms with Gasteiger partial charge in [-0.2, -0.15) is 0 Å². The quantitative estimate of drug-likeness (QED) is 0.142. The third-order valence-electron chi connectivity index (χ3n) is 22.9. The Kier molecular flexibility index (Phi) is 12.0. The number of fused-ring (bicyclic) bond motifs is 18. The number of hydrogen-bond acceptors (Lipinski definition) is 4. The summed E-state index contributed by atoms with van der Waals surface area (Å²) in [5.74, 6) is 0. The van der Waals surface area contributed by atoms with E-state index in [9.17, 15) is 0 Å². The highest BCUT2D eigenvalue weighted by Crippen LogP contribution is 2.65. The maximum atomic E-state index is 15.6. The fourth-order valence-corrected chi connectivity index (χ4v) is 23.1.